The Morgan fingerprint density at radius 2 is 1.92 bits per heavy atom. The van der Waals surface area contributed by atoms with E-state index in [2.05, 4.69) is 13.5 Å². The molecule has 2 N–H and O–H groups in total. The number of aliphatic hydroxyl groups is 2. The molecule has 7 unspecified atom stereocenters. The number of nitrogens with zero attached hydrogens (tertiary/aromatic N) is 1. The molecule has 0 radical (unpaired) electrons. The summed E-state index contributed by atoms with van der Waals surface area (Å²) in [7, 11) is 0. The lowest BCUT2D eigenvalue weighted by Gasteiger charge is -2.72. The van der Waals surface area contributed by atoms with Crippen molar-refractivity contribution in [3.8, 4) is 0 Å². The summed E-state index contributed by atoms with van der Waals surface area (Å²) in [4.78, 5) is 15.3. The Bertz CT molecular complexity index is 662. The molecule has 7 atom stereocenters. The van der Waals surface area contributed by atoms with Crippen molar-refractivity contribution in [3.05, 3.63) is 12.2 Å². The van der Waals surface area contributed by atoms with Gasteiger partial charge in [-0.25, -0.2) is 0 Å². The van der Waals surface area contributed by atoms with Crippen LogP contribution >= 0.6 is 0 Å². The summed E-state index contributed by atoms with van der Waals surface area (Å²) in [5.74, 6) is 1.68. The summed E-state index contributed by atoms with van der Waals surface area (Å²) in [6.07, 6.45) is 8.53. The van der Waals surface area contributed by atoms with Crippen molar-refractivity contribution in [2.24, 2.45) is 34.0 Å². The van der Waals surface area contributed by atoms with Crippen LogP contribution in [0.4, 0.5) is 0 Å². The lowest BCUT2D eigenvalue weighted by atomic mass is 9.35. The third-order valence-corrected chi connectivity index (χ3v) is 9.62. The highest BCUT2D eigenvalue weighted by molar-refractivity contribution is 5.84. The molecule has 0 aromatic heterocycles. The molecular weight excluding hydrogens is 326 g/mol. The van der Waals surface area contributed by atoms with Crippen LogP contribution in [-0.4, -0.2) is 46.8 Å². The van der Waals surface area contributed by atoms with Gasteiger partial charge in [0, 0.05) is 23.9 Å². The first kappa shape index (κ1) is 17.2. The number of piperidine rings is 1. The van der Waals surface area contributed by atoms with Crippen molar-refractivity contribution >= 4 is 5.91 Å². The fourth-order valence-electron chi connectivity index (χ4n) is 8.60. The Labute approximate surface area is 156 Å². The van der Waals surface area contributed by atoms with Crippen molar-refractivity contribution in [1.82, 2.24) is 4.90 Å². The van der Waals surface area contributed by atoms with Crippen LogP contribution in [0, 0.1) is 34.0 Å². The van der Waals surface area contributed by atoms with Crippen molar-refractivity contribution in [2.45, 2.75) is 64.4 Å². The highest BCUT2D eigenvalue weighted by Crippen LogP contribution is 2.73. The summed E-state index contributed by atoms with van der Waals surface area (Å²) < 4.78 is 0. The Hall–Kier alpha value is -0.870. The average molecular weight is 360 g/mol. The van der Waals surface area contributed by atoms with E-state index in [4.69, 9.17) is 0 Å². The molecule has 4 bridgehead atoms. The second-order valence-corrected chi connectivity index (χ2v) is 10.3. The van der Waals surface area contributed by atoms with Crippen LogP contribution in [0.15, 0.2) is 12.2 Å². The van der Waals surface area contributed by atoms with Crippen molar-refractivity contribution < 1.29 is 15.0 Å². The molecule has 6 fully saturated rings. The van der Waals surface area contributed by atoms with Gasteiger partial charge in [0.15, 0.2) is 0 Å². The molecule has 144 valence electrons. The van der Waals surface area contributed by atoms with Crippen LogP contribution < -0.4 is 0 Å². The Morgan fingerprint density at radius 3 is 2.69 bits per heavy atom. The SMILES string of the molecule is C=C1C2CCC3(CCC4C5(C)CCCC4(CN(CCO)C5=O)C3C2)C1O. The number of fused-ring (bicyclic) bond motifs is 2. The van der Waals surface area contributed by atoms with Crippen molar-refractivity contribution in [1.29, 1.82) is 0 Å². The van der Waals surface area contributed by atoms with Gasteiger partial charge < -0.3 is 15.1 Å². The topological polar surface area (TPSA) is 60.8 Å². The van der Waals surface area contributed by atoms with E-state index in [1.807, 2.05) is 4.90 Å². The minimum absolute atomic E-state index is 0.00808. The molecule has 26 heavy (non-hydrogen) atoms. The summed E-state index contributed by atoms with van der Waals surface area (Å²) in [5.41, 5.74) is 0.937. The zero-order valence-electron chi connectivity index (χ0n) is 16.0. The normalized spacial score (nSPS) is 52.7. The molecule has 6 rings (SSSR count). The van der Waals surface area contributed by atoms with Gasteiger partial charge in [-0.05, 0) is 73.7 Å². The Balaban J connectivity index is 1.62. The molecule has 4 nitrogen and oxygen atoms in total. The zero-order valence-corrected chi connectivity index (χ0v) is 16.0. The fraction of sp³-hybridized carbons (Fsp3) is 0.864. The molecule has 4 heteroatoms. The van der Waals surface area contributed by atoms with Gasteiger partial charge in [0.05, 0.1) is 12.7 Å². The molecule has 1 spiro atoms. The van der Waals surface area contributed by atoms with E-state index >= 15 is 0 Å². The molecule has 6 aliphatic rings. The fourth-order valence-corrected chi connectivity index (χ4v) is 8.60. The van der Waals surface area contributed by atoms with Gasteiger partial charge in [-0.2, -0.15) is 0 Å². The van der Waals surface area contributed by atoms with Crippen LogP contribution in [0.25, 0.3) is 0 Å². The number of likely N-dealkylation sites (tertiary alicyclic amines) is 1. The van der Waals surface area contributed by atoms with Crippen molar-refractivity contribution in [2.75, 3.05) is 19.7 Å². The van der Waals surface area contributed by atoms with Gasteiger partial charge in [-0.1, -0.05) is 19.9 Å². The second kappa shape index (κ2) is 5.35. The van der Waals surface area contributed by atoms with Crippen LogP contribution in [-0.2, 0) is 4.79 Å². The summed E-state index contributed by atoms with van der Waals surface area (Å²) in [6, 6.07) is 0. The van der Waals surface area contributed by atoms with E-state index in [1.54, 1.807) is 0 Å². The highest BCUT2D eigenvalue weighted by atomic mass is 16.3. The number of hydrogen-bond acceptors (Lipinski definition) is 3. The number of amides is 1. The molecule has 1 aliphatic heterocycles. The van der Waals surface area contributed by atoms with Gasteiger partial charge in [0.1, 0.15) is 0 Å². The van der Waals surface area contributed by atoms with Gasteiger partial charge >= 0.3 is 0 Å². The first-order chi connectivity index (χ1) is 12.4. The smallest absolute Gasteiger partial charge is 0.228 e. The second-order valence-electron chi connectivity index (χ2n) is 10.3. The minimum atomic E-state index is -0.354. The first-order valence-electron chi connectivity index (χ1n) is 10.7. The van der Waals surface area contributed by atoms with E-state index in [9.17, 15) is 15.0 Å². The zero-order chi connectivity index (χ0) is 18.3. The Kier molecular flexibility index (Phi) is 3.55. The summed E-state index contributed by atoms with van der Waals surface area (Å²) in [5, 5.41) is 20.7. The monoisotopic (exact) mass is 359 g/mol. The van der Waals surface area contributed by atoms with E-state index < -0.39 is 0 Å². The maximum atomic E-state index is 13.3. The molecule has 1 saturated heterocycles. The quantitative estimate of drug-likeness (QED) is 0.745. The molecule has 1 heterocycles. The number of rotatable bonds is 2. The molecule has 0 aromatic rings. The predicted octanol–water partition coefficient (Wildman–Crippen LogP) is 2.74. The number of carbonyl (C=O) groups is 1. The lowest BCUT2D eigenvalue weighted by Crippen LogP contribution is -2.72. The van der Waals surface area contributed by atoms with E-state index in [1.165, 1.54) is 12.8 Å². The van der Waals surface area contributed by atoms with Crippen LogP contribution in [0.1, 0.15) is 58.3 Å². The van der Waals surface area contributed by atoms with E-state index in [0.717, 1.165) is 50.6 Å². The van der Waals surface area contributed by atoms with Crippen LogP contribution in [0.5, 0.6) is 0 Å². The lowest BCUT2D eigenvalue weighted by molar-refractivity contribution is -0.237. The maximum absolute atomic E-state index is 13.3. The van der Waals surface area contributed by atoms with Gasteiger partial charge in [0.25, 0.3) is 0 Å². The van der Waals surface area contributed by atoms with Gasteiger partial charge in [0.2, 0.25) is 5.91 Å². The standard InChI is InChI=1S/C22H33NO3/c1-14-15-4-8-21(18(14)25)9-5-16-20(2)6-3-7-22(16,17(21)12-15)13-23(10-11-24)19(20)26/h15-18,24-25H,1,3-13H2,2H3. The molecule has 5 aliphatic carbocycles. The third kappa shape index (κ3) is 1.81. The summed E-state index contributed by atoms with van der Waals surface area (Å²) >= 11 is 0. The van der Waals surface area contributed by atoms with Gasteiger partial charge in [-0.3, -0.25) is 4.79 Å². The third-order valence-electron chi connectivity index (χ3n) is 9.62. The maximum Gasteiger partial charge on any atom is 0.228 e. The van der Waals surface area contributed by atoms with Gasteiger partial charge in [-0.15, -0.1) is 0 Å². The molecule has 0 aromatic carbocycles. The number of aliphatic hydroxyl groups excluding tert-OH is 2. The number of β-amino-alcohol motifs (C(OH)–C–C–N with tert-alkyl or cyclic N) is 1. The minimum Gasteiger partial charge on any atom is -0.395 e. The molecule has 5 saturated carbocycles. The predicted molar refractivity (Wildman–Crippen MR) is 99.2 cm³/mol. The first-order valence-corrected chi connectivity index (χ1v) is 10.7. The average Bonchev–Trinajstić information content (AvgIpc) is 2.63. The van der Waals surface area contributed by atoms with Crippen molar-refractivity contribution in [3.63, 3.8) is 0 Å². The van der Waals surface area contributed by atoms with E-state index in [0.29, 0.717) is 24.3 Å². The van der Waals surface area contributed by atoms with Crippen LogP contribution in [0.2, 0.25) is 0 Å². The molecular formula is C22H33NO3. The van der Waals surface area contributed by atoms with E-state index in [-0.39, 0.29) is 34.9 Å². The number of hydrogen-bond donors (Lipinski definition) is 2. The Morgan fingerprint density at radius 1 is 1.15 bits per heavy atom. The highest BCUT2D eigenvalue weighted by Gasteiger charge is 2.71. The largest absolute Gasteiger partial charge is 0.395 e. The van der Waals surface area contributed by atoms with Crippen LogP contribution in [0.3, 0.4) is 0 Å². The molecule has 1 amide bonds. The summed E-state index contributed by atoms with van der Waals surface area (Å²) in [6.45, 7) is 7.77. The number of carbonyl (C=O) groups excluding carboxylic acids is 1.